The molecule has 6 rings (SSSR count). The summed E-state index contributed by atoms with van der Waals surface area (Å²) >= 11 is 0. The molecule has 5 fully saturated rings. The Morgan fingerprint density at radius 3 is 2.11 bits per heavy atom. The number of aryl methyl sites for hydroxylation is 1. The first-order chi connectivity index (χ1) is 28.6. The standard InChI is InChI=1S/C43H65BN6O11/c1-23(2)34(48-38(56)28(16-18-32(51)52)46-37(55)27(45)21-33(53)54)40(58)49-35(24(3)4)41(59)50-19-11-14-29(50)39(57)47-31(17-15-25-12-9-8-10-13-25)44-60-30-20-26-22-43(7,36(30)61-44)42(26,5)6/h8-10,12-13,23-24,26-31,34-36H,11,14-22,45H2,1-7H3,(H,46,55)(H,47,57)(H,48,56)(H,49,58)(H,51,52)(H,53,54)/t26-,27+,28+,29+,30-,31+,34+,35+,36-,43-/m1/s1. The van der Waals surface area contributed by atoms with Crippen LogP contribution >= 0.6 is 0 Å². The molecule has 5 aliphatic rings. The molecule has 2 saturated heterocycles. The average molecular weight is 853 g/mol. The van der Waals surface area contributed by atoms with Gasteiger partial charge in [0, 0.05) is 18.4 Å². The molecule has 2 bridgehead atoms. The second-order valence-electron chi connectivity index (χ2n) is 18.9. The van der Waals surface area contributed by atoms with Gasteiger partial charge in [-0.3, -0.25) is 33.6 Å². The molecule has 10 atom stereocenters. The number of carbonyl (C=O) groups excluding carboxylic acids is 5. The number of nitrogens with zero attached hydrogens (tertiary/aromatic N) is 1. The molecule has 3 aliphatic carbocycles. The van der Waals surface area contributed by atoms with E-state index in [1.54, 1.807) is 27.7 Å². The number of benzene rings is 1. The minimum Gasteiger partial charge on any atom is -0.481 e. The number of carbonyl (C=O) groups is 7. The maximum Gasteiger partial charge on any atom is 0.481 e. The fourth-order valence-electron chi connectivity index (χ4n) is 9.59. The Morgan fingerprint density at radius 1 is 0.852 bits per heavy atom. The first-order valence-corrected chi connectivity index (χ1v) is 21.7. The van der Waals surface area contributed by atoms with E-state index in [9.17, 15) is 38.7 Å². The second kappa shape index (κ2) is 19.7. The number of nitrogens with two attached hydrogens (primary N) is 1. The van der Waals surface area contributed by atoms with Crippen LogP contribution in [0.1, 0.15) is 105 Å². The Kier molecular flexibility index (Phi) is 15.3. The summed E-state index contributed by atoms with van der Waals surface area (Å²) < 4.78 is 13.3. The van der Waals surface area contributed by atoms with E-state index in [1.165, 1.54) is 4.90 Å². The van der Waals surface area contributed by atoms with Crippen molar-refractivity contribution in [1.29, 1.82) is 0 Å². The smallest absolute Gasteiger partial charge is 0.481 e. The highest BCUT2D eigenvalue weighted by molar-refractivity contribution is 6.47. The van der Waals surface area contributed by atoms with Crippen molar-refractivity contribution >= 4 is 48.6 Å². The van der Waals surface area contributed by atoms with E-state index >= 15 is 0 Å². The molecule has 0 radical (unpaired) electrons. The number of carboxylic acids is 2. The molecule has 2 heterocycles. The first kappa shape index (κ1) is 47.5. The van der Waals surface area contributed by atoms with Gasteiger partial charge in [-0.25, -0.2) is 0 Å². The predicted molar refractivity (Wildman–Crippen MR) is 224 cm³/mol. The lowest BCUT2D eigenvalue weighted by Crippen LogP contribution is -2.66. The molecule has 2 aliphatic heterocycles. The fourth-order valence-corrected chi connectivity index (χ4v) is 9.59. The second-order valence-corrected chi connectivity index (χ2v) is 18.9. The zero-order valence-electron chi connectivity index (χ0n) is 36.5. The molecule has 1 aromatic rings. The van der Waals surface area contributed by atoms with Gasteiger partial charge in [-0.1, -0.05) is 78.8 Å². The van der Waals surface area contributed by atoms with Gasteiger partial charge in [0.05, 0.1) is 30.6 Å². The van der Waals surface area contributed by atoms with Crippen LogP contribution in [0.3, 0.4) is 0 Å². The van der Waals surface area contributed by atoms with E-state index in [4.69, 9.17) is 20.1 Å². The molecule has 3 saturated carbocycles. The largest absolute Gasteiger partial charge is 0.481 e. The van der Waals surface area contributed by atoms with Crippen LogP contribution in [0.4, 0.5) is 0 Å². The Balaban J connectivity index is 1.27. The summed E-state index contributed by atoms with van der Waals surface area (Å²) in [5.74, 6) is -6.85. The summed E-state index contributed by atoms with van der Waals surface area (Å²) in [6, 6.07) is 3.90. The highest BCUT2D eigenvalue weighted by Crippen LogP contribution is 2.69. The number of aliphatic carboxylic acids is 2. The lowest BCUT2D eigenvalue weighted by Gasteiger charge is -2.67. The summed E-state index contributed by atoms with van der Waals surface area (Å²) in [7, 11) is -0.662. The fraction of sp³-hybridized carbons (Fsp3) is 0.698. The van der Waals surface area contributed by atoms with E-state index in [1.807, 2.05) is 30.3 Å². The maximum atomic E-state index is 14.4. The summed E-state index contributed by atoms with van der Waals surface area (Å²) in [5.41, 5.74) is 6.85. The third-order valence-electron chi connectivity index (χ3n) is 13.8. The number of rotatable bonds is 20. The lowest BCUT2D eigenvalue weighted by atomic mass is 9.39. The molecule has 336 valence electrons. The monoisotopic (exact) mass is 852 g/mol. The molecule has 1 aromatic carbocycles. The molecule has 17 nitrogen and oxygen atoms in total. The molecule has 8 N–H and O–H groups in total. The first-order valence-electron chi connectivity index (χ1n) is 21.7. The van der Waals surface area contributed by atoms with E-state index in [0.29, 0.717) is 38.1 Å². The van der Waals surface area contributed by atoms with Gasteiger partial charge in [-0.05, 0) is 73.7 Å². The zero-order valence-corrected chi connectivity index (χ0v) is 36.5. The lowest BCUT2D eigenvalue weighted by molar-refractivity contribution is -0.220. The van der Waals surface area contributed by atoms with Crippen molar-refractivity contribution in [1.82, 2.24) is 26.2 Å². The van der Waals surface area contributed by atoms with Gasteiger partial charge in [0.25, 0.3) is 0 Å². The van der Waals surface area contributed by atoms with Crippen LogP contribution in [0, 0.1) is 28.6 Å². The molecule has 61 heavy (non-hydrogen) atoms. The van der Waals surface area contributed by atoms with Crippen LogP contribution in [-0.2, 0) is 49.3 Å². The highest BCUT2D eigenvalue weighted by atomic mass is 16.7. The van der Waals surface area contributed by atoms with Crippen LogP contribution in [0.15, 0.2) is 30.3 Å². The van der Waals surface area contributed by atoms with Crippen LogP contribution in [0.25, 0.3) is 0 Å². The summed E-state index contributed by atoms with van der Waals surface area (Å²) in [4.78, 5) is 92.6. The summed E-state index contributed by atoms with van der Waals surface area (Å²) in [5, 5.41) is 29.2. The Hall–Kier alpha value is -4.55. The molecule has 0 aromatic heterocycles. The number of amides is 5. The van der Waals surface area contributed by atoms with E-state index in [-0.39, 0.29) is 35.4 Å². The molecule has 5 amide bonds. The van der Waals surface area contributed by atoms with Gasteiger partial charge in [-0.15, -0.1) is 0 Å². The van der Waals surface area contributed by atoms with Crippen molar-refractivity contribution in [2.24, 2.45) is 34.3 Å². The minimum atomic E-state index is -1.51. The number of carboxylic acid groups (broad SMARTS) is 2. The number of hydrogen-bond acceptors (Lipinski definition) is 10. The van der Waals surface area contributed by atoms with Gasteiger partial charge < -0.3 is 51.4 Å². The van der Waals surface area contributed by atoms with Crippen LogP contribution in [-0.4, -0.2) is 119 Å². The number of hydrogen-bond donors (Lipinski definition) is 7. The zero-order chi connectivity index (χ0) is 45.0. The summed E-state index contributed by atoms with van der Waals surface area (Å²) in [6.07, 6.45) is 2.42. The average Bonchev–Trinajstić information content (AvgIpc) is 3.87. The molecule has 0 unspecified atom stereocenters. The van der Waals surface area contributed by atoms with E-state index < -0.39 is 104 Å². The van der Waals surface area contributed by atoms with Crippen molar-refractivity contribution in [3.05, 3.63) is 35.9 Å². The quantitative estimate of drug-likeness (QED) is 0.0928. The summed E-state index contributed by atoms with van der Waals surface area (Å²) in [6.45, 7) is 14.0. The Bertz CT molecular complexity index is 1800. The normalized spacial score (nSPS) is 26.3. The van der Waals surface area contributed by atoms with Gasteiger partial charge in [-0.2, -0.15) is 0 Å². The van der Waals surface area contributed by atoms with Crippen molar-refractivity contribution in [3.8, 4) is 0 Å². The minimum absolute atomic E-state index is 0.0406. The van der Waals surface area contributed by atoms with Crippen molar-refractivity contribution in [2.75, 3.05) is 6.54 Å². The maximum absolute atomic E-state index is 14.4. The van der Waals surface area contributed by atoms with Gasteiger partial charge in [0.1, 0.15) is 24.2 Å². The number of nitrogens with one attached hydrogen (secondary N) is 4. The van der Waals surface area contributed by atoms with Crippen LogP contribution in [0.5, 0.6) is 0 Å². The van der Waals surface area contributed by atoms with Gasteiger partial charge in [0.2, 0.25) is 29.5 Å². The third kappa shape index (κ3) is 10.7. The number of likely N-dealkylation sites (tertiary alicyclic amines) is 1. The van der Waals surface area contributed by atoms with E-state index in [2.05, 4.69) is 42.0 Å². The van der Waals surface area contributed by atoms with Crippen molar-refractivity contribution in [3.63, 3.8) is 0 Å². The third-order valence-corrected chi connectivity index (χ3v) is 13.8. The Labute approximate surface area is 358 Å². The highest BCUT2D eigenvalue weighted by Gasteiger charge is 2.69. The molecule has 0 spiro atoms. The molecular weight excluding hydrogens is 787 g/mol. The van der Waals surface area contributed by atoms with E-state index in [0.717, 1.165) is 18.4 Å². The van der Waals surface area contributed by atoms with Crippen molar-refractivity contribution < 1.29 is 53.1 Å². The molecular formula is C43H65BN6O11. The molecule has 18 heteroatoms. The Morgan fingerprint density at radius 2 is 1.51 bits per heavy atom. The topological polar surface area (TPSA) is 256 Å². The van der Waals surface area contributed by atoms with Gasteiger partial charge >= 0.3 is 19.1 Å². The van der Waals surface area contributed by atoms with Crippen molar-refractivity contribution in [2.45, 2.75) is 155 Å². The SMILES string of the molecule is CC(C)[C@H](NC(=O)[C@H](CCC(=O)O)NC(=O)[C@@H](N)CC(=O)O)C(=O)N[C@H](C(=O)N1CCC[C@H]1C(=O)N[C@@H](CCc1ccccc1)B1O[C@@H]2[C@@H](C[C@@H]3C[C@@]2(C)C3(C)C)O1)C(C)C. The van der Waals surface area contributed by atoms with Gasteiger partial charge in [0.15, 0.2) is 0 Å². The van der Waals surface area contributed by atoms with Crippen LogP contribution in [0.2, 0.25) is 0 Å². The van der Waals surface area contributed by atoms with Crippen LogP contribution < -0.4 is 27.0 Å². The predicted octanol–water partition coefficient (Wildman–Crippen LogP) is 1.80.